The summed E-state index contributed by atoms with van der Waals surface area (Å²) in [4.78, 5) is 17.5. The Balaban J connectivity index is 1.28. The summed E-state index contributed by atoms with van der Waals surface area (Å²) < 4.78 is 47.2. The Morgan fingerprint density at radius 1 is 1.28 bits per heavy atom. The third kappa shape index (κ3) is 5.20. The van der Waals surface area contributed by atoms with Crippen LogP contribution in [-0.2, 0) is 4.74 Å². The number of alkyl halides is 3. The average molecular weight is 485 g/mol. The summed E-state index contributed by atoms with van der Waals surface area (Å²) in [5, 5.41) is 1.56. The van der Waals surface area contributed by atoms with Gasteiger partial charge in [-0.1, -0.05) is 29.8 Å². The van der Waals surface area contributed by atoms with Crippen molar-refractivity contribution in [3.63, 3.8) is 0 Å². The SMILES string of the molecule is O=C(NSc1ccccc1)c1ccc(N2C=CC(OCCC3(C(F)(F)F)CC3)N2)nc1Cl. The number of carbonyl (C=O) groups excluding carboxylic acids is 1. The molecule has 1 atom stereocenters. The molecule has 0 bridgehead atoms. The van der Waals surface area contributed by atoms with Gasteiger partial charge in [-0.2, -0.15) is 18.6 Å². The van der Waals surface area contributed by atoms with Gasteiger partial charge in [-0.05, 0) is 61.6 Å². The second-order valence-corrected chi connectivity index (χ2v) is 8.75. The van der Waals surface area contributed by atoms with Gasteiger partial charge in [0.15, 0.2) is 0 Å². The summed E-state index contributed by atoms with van der Waals surface area (Å²) >= 11 is 7.38. The van der Waals surface area contributed by atoms with Gasteiger partial charge in [0, 0.05) is 17.7 Å². The number of hydrazine groups is 1. The fourth-order valence-corrected chi connectivity index (χ4v) is 4.06. The van der Waals surface area contributed by atoms with Gasteiger partial charge in [-0.3, -0.25) is 14.5 Å². The molecule has 2 aromatic rings. The van der Waals surface area contributed by atoms with Crippen molar-refractivity contribution in [1.29, 1.82) is 0 Å². The van der Waals surface area contributed by atoms with Crippen molar-refractivity contribution in [2.45, 2.75) is 36.6 Å². The molecule has 1 unspecified atom stereocenters. The third-order valence-corrected chi connectivity index (χ3v) is 6.42. The van der Waals surface area contributed by atoms with E-state index in [1.807, 2.05) is 30.3 Å². The van der Waals surface area contributed by atoms with E-state index in [4.69, 9.17) is 16.3 Å². The van der Waals surface area contributed by atoms with E-state index in [1.54, 1.807) is 24.4 Å². The number of hydrogen-bond acceptors (Lipinski definition) is 6. The van der Waals surface area contributed by atoms with Crippen molar-refractivity contribution >= 4 is 35.3 Å². The zero-order chi connectivity index (χ0) is 22.8. The first kappa shape index (κ1) is 22.9. The number of aromatic nitrogens is 1. The first-order chi connectivity index (χ1) is 15.3. The molecule has 1 aliphatic heterocycles. The van der Waals surface area contributed by atoms with Crippen LogP contribution in [0.3, 0.4) is 0 Å². The Bertz CT molecular complexity index is 1000. The second-order valence-electron chi connectivity index (χ2n) is 7.51. The van der Waals surface area contributed by atoms with Gasteiger partial charge in [0.2, 0.25) is 0 Å². The second kappa shape index (κ2) is 9.30. The summed E-state index contributed by atoms with van der Waals surface area (Å²) in [6, 6.07) is 12.5. The van der Waals surface area contributed by atoms with Crippen molar-refractivity contribution in [3.05, 3.63) is 65.5 Å². The molecule has 1 aromatic heterocycles. The topological polar surface area (TPSA) is 66.5 Å². The lowest BCUT2D eigenvalue weighted by Gasteiger charge is -2.22. The molecular weight excluding hydrogens is 465 g/mol. The molecule has 32 heavy (non-hydrogen) atoms. The van der Waals surface area contributed by atoms with Crippen molar-refractivity contribution < 1.29 is 22.7 Å². The Morgan fingerprint density at radius 2 is 2.03 bits per heavy atom. The van der Waals surface area contributed by atoms with Gasteiger partial charge in [0.05, 0.1) is 11.0 Å². The lowest BCUT2D eigenvalue weighted by atomic mass is 10.0. The first-order valence-corrected chi connectivity index (χ1v) is 11.1. The van der Waals surface area contributed by atoms with Gasteiger partial charge in [-0.15, -0.1) is 0 Å². The molecule has 1 aromatic carbocycles. The summed E-state index contributed by atoms with van der Waals surface area (Å²) in [6.45, 7) is -0.0122. The molecule has 170 valence electrons. The number of halogens is 4. The van der Waals surface area contributed by atoms with E-state index in [0.29, 0.717) is 5.82 Å². The van der Waals surface area contributed by atoms with E-state index in [1.165, 1.54) is 17.0 Å². The smallest absolute Gasteiger partial charge is 0.358 e. The number of anilines is 1. The number of nitrogens with one attached hydrogen (secondary N) is 2. The van der Waals surface area contributed by atoms with Gasteiger partial charge in [0.1, 0.15) is 17.2 Å². The van der Waals surface area contributed by atoms with Gasteiger partial charge in [-0.25, -0.2) is 4.98 Å². The maximum Gasteiger partial charge on any atom is 0.394 e. The molecule has 4 rings (SSSR count). The Kier molecular flexibility index (Phi) is 6.66. The molecule has 1 saturated carbocycles. The van der Waals surface area contributed by atoms with E-state index in [2.05, 4.69) is 15.1 Å². The lowest BCUT2D eigenvalue weighted by molar-refractivity contribution is -0.192. The minimum Gasteiger partial charge on any atom is -0.358 e. The normalized spacial score (nSPS) is 19.2. The van der Waals surface area contributed by atoms with E-state index >= 15 is 0 Å². The van der Waals surface area contributed by atoms with Crippen LogP contribution in [0.25, 0.3) is 0 Å². The molecule has 2 heterocycles. The molecule has 11 heteroatoms. The zero-order valence-electron chi connectivity index (χ0n) is 16.7. The maximum atomic E-state index is 13.0. The minimum atomic E-state index is -4.18. The van der Waals surface area contributed by atoms with Gasteiger partial charge in [0.25, 0.3) is 5.91 Å². The average Bonchev–Trinajstić information content (AvgIpc) is 3.43. The van der Waals surface area contributed by atoms with Gasteiger partial charge >= 0.3 is 6.18 Å². The number of carbonyl (C=O) groups is 1. The monoisotopic (exact) mass is 484 g/mol. The van der Waals surface area contributed by atoms with Crippen LogP contribution in [0.4, 0.5) is 19.0 Å². The molecule has 2 aliphatic rings. The van der Waals surface area contributed by atoms with Crippen molar-refractivity contribution in [2.24, 2.45) is 5.41 Å². The lowest BCUT2D eigenvalue weighted by Crippen LogP contribution is -2.38. The molecule has 6 nitrogen and oxygen atoms in total. The van der Waals surface area contributed by atoms with E-state index < -0.39 is 17.8 Å². The summed E-state index contributed by atoms with van der Waals surface area (Å²) in [5.41, 5.74) is 1.60. The van der Waals surface area contributed by atoms with Crippen LogP contribution in [-0.4, -0.2) is 29.9 Å². The van der Waals surface area contributed by atoms with Crippen molar-refractivity contribution in [1.82, 2.24) is 15.1 Å². The minimum absolute atomic E-state index is 0.0122. The fourth-order valence-electron chi connectivity index (χ4n) is 3.21. The Labute approximate surface area is 192 Å². The van der Waals surface area contributed by atoms with Crippen LogP contribution >= 0.6 is 23.5 Å². The maximum absolute atomic E-state index is 13.0. The summed E-state index contributed by atoms with van der Waals surface area (Å²) in [6.07, 6.45) is -1.19. The van der Waals surface area contributed by atoms with Crippen LogP contribution in [0.15, 0.2) is 59.6 Å². The predicted octanol–water partition coefficient (Wildman–Crippen LogP) is 5.09. The zero-order valence-corrected chi connectivity index (χ0v) is 18.3. The highest BCUT2D eigenvalue weighted by Crippen LogP contribution is 2.59. The standard InChI is InChI=1S/C21H20ClF3N4O2S/c22-18-15(19(30)28-32-14-4-2-1-3-5-14)6-7-16(26-18)29-12-8-17(27-29)31-13-11-20(9-10-20)21(23,24)25/h1-8,12,17,27H,9-11,13H2,(H,28,30). The molecule has 1 fully saturated rings. The Morgan fingerprint density at radius 3 is 2.69 bits per heavy atom. The van der Waals surface area contributed by atoms with Crippen molar-refractivity contribution in [3.8, 4) is 0 Å². The molecule has 0 spiro atoms. The molecule has 1 amide bonds. The predicted molar refractivity (Wildman–Crippen MR) is 116 cm³/mol. The van der Waals surface area contributed by atoms with E-state index in [0.717, 1.165) is 4.90 Å². The number of nitrogens with zero attached hydrogens (tertiary/aromatic N) is 2. The third-order valence-electron chi connectivity index (χ3n) is 5.34. The number of amides is 1. The van der Waals surface area contributed by atoms with Gasteiger partial charge < -0.3 is 4.74 Å². The highest BCUT2D eigenvalue weighted by molar-refractivity contribution is 7.98. The quantitative estimate of drug-likeness (QED) is 0.402. The highest BCUT2D eigenvalue weighted by Gasteiger charge is 2.62. The molecule has 0 saturated heterocycles. The number of pyridine rings is 1. The first-order valence-electron chi connectivity index (χ1n) is 9.88. The number of benzene rings is 1. The molecular formula is C21H20ClF3N4O2S. The van der Waals surface area contributed by atoms with E-state index in [-0.39, 0.29) is 42.5 Å². The highest BCUT2D eigenvalue weighted by atomic mass is 35.5. The summed E-state index contributed by atoms with van der Waals surface area (Å²) in [7, 11) is 0. The van der Waals surface area contributed by atoms with Crippen LogP contribution in [0.1, 0.15) is 29.6 Å². The van der Waals surface area contributed by atoms with Crippen LogP contribution in [0.2, 0.25) is 5.15 Å². The fraction of sp³-hybridized carbons (Fsp3) is 0.333. The molecule has 1 aliphatic carbocycles. The number of rotatable bonds is 8. The summed E-state index contributed by atoms with van der Waals surface area (Å²) in [5.74, 6) is 0.0336. The van der Waals surface area contributed by atoms with Crippen molar-refractivity contribution in [2.75, 3.05) is 11.6 Å². The largest absolute Gasteiger partial charge is 0.394 e. The number of ether oxygens (including phenoxy) is 1. The van der Waals surface area contributed by atoms with E-state index in [9.17, 15) is 18.0 Å². The Hall–Kier alpha value is -2.27. The van der Waals surface area contributed by atoms with Crippen LogP contribution in [0, 0.1) is 5.41 Å². The van der Waals surface area contributed by atoms with Crippen LogP contribution in [0.5, 0.6) is 0 Å². The molecule has 0 radical (unpaired) electrons. The van der Waals surface area contributed by atoms with Crippen LogP contribution < -0.4 is 15.2 Å². The number of hydrogen-bond donors (Lipinski definition) is 2. The molecule has 2 N–H and O–H groups in total.